The molecule has 0 aliphatic heterocycles. The molecule has 0 saturated carbocycles. The molecule has 0 spiro atoms. The normalized spacial score (nSPS) is 14.5. The highest BCUT2D eigenvalue weighted by Gasteiger charge is 2.28. The monoisotopic (exact) mass is 348 g/mol. The Morgan fingerprint density at radius 1 is 1.33 bits per heavy atom. The summed E-state index contributed by atoms with van der Waals surface area (Å²) in [4.78, 5) is 13.8. The van der Waals surface area contributed by atoms with Crippen molar-refractivity contribution < 1.29 is 9.24 Å². The second-order valence-electron chi connectivity index (χ2n) is 6.37. The van der Waals surface area contributed by atoms with Gasteiger partial charge in [0, 0.05) is 24.0 Å². The lowest BCUT2D eigenvalue weighted by Gasteiger charge is -2.10. The molecule has 0 saturated heterocycles. The van der Waals surface area contributed by atoms with Crippen LogP contribution < -0.4 is 9.72 Å². The van der Waals surface area contributed by atoms with E-state index in [9.17, 15) is 14.4 Å². The molecule has 0 fully saturated rings. The molecule has 8 heteroatoms. The maximum absolute atomic E-state index is 14.6. The summed E-state index contributed by atoms with van der Waals surface area (Å²) in [6.45, 7) is 3.80. The lowest BCUT2D eigenvalue weighted by atomic mass is 10.0. The molecule has 3 aromatic rings. The van der Waals surface area contributed by atoms with Crippen LogP contribution in [0.2, 0.25) is 0 Å². The van der Waals surface area contributed by atoms with Gasteiger partial charge in [-0.3, -0.25) is 9.36 Å². The first-order valence-electron chi connectivity index (χ1n) is 8.03. The average Bonchev–Trinajstić information content (AvgIpc) is 3.03. The molecule has 1 aliphatic carbocycles. The number of halogens is 1. The first-order valence-corrected chi connectivity index (χ1v) is 8.84. The molecule has 4 rings (SSSR count). The molecule has 126 valence electrons. The van der Waals surface area contributed by atoms with Gasteiger partial charge in [0.1, 0.15) is 0 Å². The first kappa shape index (κ1) is 15.3. The fraction of sp³-hybridized carbons (Fsp3) is 0.438. The van der Waals surface area contributed by atoms with Gasteiger partial charge in [0.05, 0.1) is 10.2 Å². The molecule has 0 unspecified atom stereocenters. The zero-order chi connectivity index (χ0) is 17.0. The van der Waals surface area contributed by atoms with E-state index in [1.54, 1.807) is 10.6 Å². The zero-order valence-corrected chi connectivity index (χ0v) is 14.3. The Hall–Kier alpha value is -2.22. The molecule has 2 heterocycles. The van der Waals surface area contributed by atoms with Gasteiger partial charge in [-0.25, -0.2) is 4.39 Å². The largest absolute Gasteiger partial charge is 0.692 e. The van der Waals surface area contributed by atoms with E-state index < -0.39 is 5.82 Å². The molecule has 0 radical (unpaired) electrons. The maximum Gasteiger partial charge on any atom is 0.308 e. The van der Waals surface area contributed by atoms with Crippen molar-refractivity contribution in [1.82, 2.24) is 14.5 Å². The fourth-order valence-corrected chi connectivity index (χ4v) is 4.31. The molecular weight excluding hydrogens is 331 g/mol. The minimum absolute atomic E-state index is 0.0465. The Kier molecular flexibility index (Phi) is 3.45. The standard InChI is InChI=1S/C16H17FN4O2S/c1-9(2)19-14-8-13(10(17)7-15(14)24-16(19)22)20-18-11-5-3-4-6-12(11)21(20)23/h7-9H,3-6H2,1-2H3. The summed E-state index contributed by atoms with van der Waals surface area (Å²) in [6.07, 6.45) is 3.34. The molecule has 2 aromatic heterocycles. The van der Waals surface area contributed by atoms with Gasteiger partial charge < -0.3 is 5.21 Å². The average molecular weight is 348 g/mol. The number of benzene rings is 1. The van der Waals surface area contributed by atoms with Gasteiger partial charge >= 0.3 is 4.87 Å². The molecule has 24 heavy (non-hydrogen) atoms. The predicted molar refractivity (Wildman–Crippen MR) is 89.2 cm³/mol. The van der Waals surface area contributed by atoms with Crippen LogP contribution in [-0.4, -0.2) is 14.5 Å². The Bertz CT molecular complexity index is 1000. The van der Waals surface area contributed by atoms with Crippen molar-refractivity contribution >= 4 is 21.6 Å². The summed E-state index contributed by atoms with van der Waals surface area (Å²) in [5.41, 5.74) is 2.07. The topological polar surface area (TPSA) is 66.8 Å². The number of hydrogen-bond donors (Lipinski definition) is 0. The lowest BCUT2D eigenvalue weighted by Crippen LogP contribution is -2.41. The van der Waals surface area contributed by atoms with Crippen LogP contribution in [0.1, 0.15) is 44.1 Å². The first-order chi connectivity index (χ1) is 11.5. The van der Waals surface area contributed by atoms with E-state index in [4.69, 9.17) is 0 Å². The molecule has 1 aliphatic rings. The van der Waals surface area contributed by atoms with Crippen molar-refractivity contribution in [1.29, 1.82) is 0 Å². The van der Waals surface area contributed by atoms with Crippen molar-refractivity contribution in [2.45, 2.75) is 45.6 Å². The molecule has 0 N–H and O–H groups in total. The highest BCUT2D eigenvalue weighted by Crippen LogP contribution is 2.26. The Morgan fingerprint density at radius 2 is 2.08 bits per heavy atom. The van der Waals surface area contributed by atoms with Crippen molar-refractivity contribution in [3.8, 4) is 5.69 Å². The molecular formula is C16H17FN4O2S. The SMILES string of the molecule is CC(C)n1c(=O)sc2cc(F)c(-n3nc4c([n+]3[O-])CCCC4)cc21. The van der Waals surface area contributed by atoms with Crippen LogP contribution in [0.4, 0.5) is 4.39 Å². The van der Waals surface area contributed by atoms with Crippen molar-refractivity contribution in [3.63, 3.8) is 0 Å². The number of nitrogens with zero attached hydrogens (tertiary/aromatic N) is 4. The molecule has 0 amide bonds. The van der Waals surface area contributed by atoms with Crippen molar-refractivity contribution in [2.75, 3.05) is 0 Å². The van der Waals surface area contributed by atoms with Crippen LogP contribution in [-0.2, 0) is 12.8 Å². The Balaban J connectivity index is 1.97. The van der Waals surface area contributed by atoms with Gasteiger partial charge in [0.15, 0.2) is 17.2 Å². The molecule has 0 atom stereocenters. The van der Waals surface area contributed by atoms with Gasteiger partial charge in [-0.2, -0.15) is 0 Å². The van der Waals surface area contributed by atoms with E-state index in [1.807, 2.05) is 13.8 Å². The summed E-state index contributed by atoms with van der Waals surface area (Å²) in [5, 5.41) is 16.8. The number of aromatic nitrogens is 4. The van der Waals surface area contributed by atoms with E-state index in [1.165, 1.54) is 6.07 Å². The van der Waals surface area contributed by atoms with Gasteiger partial charge in [-0.15, -0.1) is 4.85 Å². The van der Waals surface area contributed by atoms with Crippen LogP contribution in [0.3, 0.4) is 0 Å². The van der Waals surface area contributed by atoms with Crippen LogP contribution in [0, 0.1) is 11.0 Å². The lowest BCUT2D eigenvalue weighted by molar-refractivity contribution is -0.696. The van der Waals surface area contributed by atoms with Gasteiger partial charge in [-0.05, 0) is 43.6 Å². The summed E-state index contributed by atoms with van der Waals surface area (Å²) in [5.74, 6) is -0.552. The van der Waals surface area contributed by atoms with Gasteiger partial charge in [0.25, 0.3) is 0 Å². The van der Waals surface area contributed by atoms with Crippen molar-refractivity contribution in [2.24, 2.45) is 0 Å². The minimum atomic E-state index is -0.552. The van der Waals surface area contributed by atoms with E-state index in [0.717, 1.165) is 41.1 Å². The highest BCUT2D eigenvalue weighted by atomic mass is 32.1. The third-order valence-corrected chi connectivity index (χ3v) is 5.36. The number of hydrogen-bond acceptors (Lipinski definition) is 4. The Labute approximate surface area is 141 Å². The molecule has 0 bridgehead atoms. The molecule has 1 aromatic carbocycles. The third-order valence-electron chi connectivity index (χ3n) is 4.44. The number of fused-ring (bicyclic) bond motifs is 2. The van der Waals surface area contributed by atoms with E-state index in [0.29, 0.717) is 27.2 Å². The second kappa shape index (κ2) is 5.41. The van der Waals surface area contributed by atoms with E-state index in [-0.39, 0.29) is 16.6 Å². The second-order valence-corrected chi connectivity index (χ2v) is 7.36. The fourth-order valence-electron chi connectivity index (χ4n) is 3.29. The number of thiazole rings is 1. The van der Waals surface area contributed by atoms with E-state index in [2.05, 4.69) is 5.10 Å². The number of aryl methyl sites for hydroxylation is 1. The van der Waals surface area contributed by atoms with Crippen molar-refractivity contribution in [3.05, 3.63) is 44.2 Å². The summed E-state index contributed by atoms with van der Waals surface area (Å²) >= 11 is 1.01. The minimum Gasteiger partial charge on any atom is -0.692 e. The predicted octanol–water partition coefficient (Wildman–Crippen LogP) is 2.48. The zero-order valence-electron chi connectivity index (χ0n) is 13.5. The Morgan fingerprint density at radius 3 is 2.79 bits per heavy atom. The number of rotatable bonds is 2. The quantitative estimate of drug-likeness (QED) is 0.528. The molecule has 6 nitrogen and oxygen atoms in total. The highest BCUT2D eigenvalue weighted by molar-refractivity contribution is 7.16. The summed E-state index contributed by atoms with van der Waals surface area (Å²) in [6, 6.07) is 2.82. The van der Waals surface area contributed by atoms with Gasteiger partial charge in [-0.1, -0.05) is 11.3 Å². The van der Waals surface area contributed by atoms with Gasteiger partial charge in [0.2, 0.25) is 5.69 Å². The van der Waals surface area contributed by atoms with Crippen LogP contribution >= 0.6 is 11.3 Å². The summed E-state index contributed by atoms with van der Waals surface area (Å²) in [7, 11) is 0. The third kappa shape index (κ3) is 2.16. The smallest absolute Gasteiger partial charge is 0.308 e. The van der Waals surface area contributed by atoms with Crippen LogP contribution in [0.15, 0.2) is 16.9 Å². The van der Waals surface area contributed by atoms with Crippen LogP contribution in [0.25, 0.3) is 15.9 Å². The van der Waals surface area contributed by atoms with Crippen LogP contribution in [0.5, 0.6) is 0 Å². The van der Waals surface area contributed by atoms with E-state index >= 15 is 0 Å². The summed E-state index contributed by atoms with van der Waals surface area (Å²) < 4.78 is 16.8. The maximum atomic E-state index is 14.6.